The van der Waals surface area contributed by atoms with Gasteiger partial charge in [-0.2, -0.15) is 0 Å². The lowest BCUT2D eigenvalue weighted by atomic mass is 10.0. The van der Waals surface area contributed by atoms with Gasteiger partial charge >= 0.3 is 0 Å². The van der Waals surface area contributed by atoms with Gasteiger partial charge in [0.2, 0.25) is 0 Å². The van der Waals surface area contributed by atoms with E-state index in [9.17, 15) is 0 Å². The monoisotopic (exact) mass is 320 g/mol. The van der Waals surface area contributed by atoms with Crippen LogP contribution in [0.15, 0.2) is 60.7 Å². The number of nitrogens with zero attached hydrogens (tertiary/aromatic N) is 2. The first-order valence-corrected chi connectivity index (χ1v) is 8.25. The molecule has 114 valence electrons. The molecule has 0 amide bonds. The third-order valence-corrected chi connectivity index (χ3v) is 4.57. The molecular formula is C20H17ClN2. The molecule has 0 spiro atoms. The van der Waals surface area contributed by atoms with Crippen molar-refractivity contribution in [3.63, 3.8) is 0 Å². The van der Waals surface area contributed by atoms with Crippen LogP contribution in [0, 0.1) is 0 Å². The Balaban J connectivity index is 1.86. The summed E-state index contributed by atoms with van der Waals surface area (Å²) in [6.07, 6.45) is 0.821. The molecular weight excluding hydrogens is 304 g/mol. The summed E-state index contributed by atoms with van der Waals surface area (Å²) in [5.74, 6) is 1.08. The average molecular weight is 321 g/mol. The standard InChI is InChI=1S/C20H17ClN2/c1-2-23-19-11-10-16(21)13-18(19)22-20(23)12-15-8-5-7-14-6-3-4-9-17(14)15/h3-11,13H,2,12H2,1H3. The van der Waals surface area contributed by atoms with Gasteiger partial charge in [-0.05, 0) is 41.5 Å². The number of aryl methyl sites for hydroxylation is 1. The van der Waals surface area contributed by atoms with E-state index < -0.39 is 0 Å². The van der Waals surface area contributed by atoms with Crippen molar-refractivity contribution in [3.05, 3.63) is 77.1 Å². The second kappa shape index (κ2) is 5.71. The molecule has 3 aromatic carbocycles. The first-order chi connectivity index (χ1) is 11.3. The van der Waals surface area contributed by atoms with Crippen molar-refractivity contribution in [2.75, 3.05) is 0 Å². The van der Waals surface area contributed by atoms with Crippen molar-refractivity contribution in [3.8, 4) is 0 Å². The minimum atomic E-state index is 0.731. The van der Waals surface area contributed by atoms with Gasteiger partial charge in [0.05, 0.1) is 11.0 Å². The maximum absolute atomic E-state index is 6.11. The Morgan fingerprint density at radius 1 is 1.00 bits per heavy atom. The van der Waals surface area contributed by atoms with Crippen LogP contribution in [0.3, 0.4) is 0 Å². The smallest absolute Gasteiger partial charge is 0.114 e. The molecule has 0 saturated carbocycles. The summed E-state index contributed by atoms with van der Waals surface area (Å²) in [7, 11) is 0. The second-order valence-electron chi connectivity index (χ2n) is 5.72. The summed E-state index contributed by atoms with van der Waals surface area (Å²) in [5, 5.41) is 3.30. The van der Waals surface area contributed by atoms with Crippen molar-refractivity contribution >= 4 is 33.4 Å². The fourth-order valence-corrected chi connectivity index (χ4v) is 3.42. The molecule has 0 aliphatic carbocycles. The lowest BCUT2D eigenvalue weighted by Gasteiger charge is -2.09. The summed E-state index contributed by atoms with van der Waals surface area (Å²) in [5.41, 5.74) is 3.42. The molecule has 0 saturated heterocycles. The first kappa shape index (κ1) is 14.3. The van der Waals surface area contributed by atoms with Crippen LogP contribution >= 0.6 is 11.6 Å². The molecule has 0 aliphatic heterocycles. The van der Waals surface area contributed by atoms with Crippen molar-refractivity contribution in [1.82, 2.24) is 9.55 Å². The zero-order valence-electron chi connectivity index (χ0n) is 13.0. The predicted molar refractivity (Wildman–Crippen MR) is 97.2 cm³/mol. The number of hydrogen-bond acceptors (Lipinski definition) is 1. The summed E-state index contributed by atoms with van der Waals surface area (Å²) in [6, 6.07) is 20.9. The highest BCUT2D eigenvalue weighted by molar-refractivity contribution is 6.31. The summed E-state index contributed by atoms with van der Waals surface area (Å²) in [6.45, 7) is 3.06. The van der Waals surface area contributed by atoms with Gasteiger partial charge in [0.15, 0.2) is 0 Å². The van der Waals surface area contributed by atoms with E-state index in [4.69, 9.17) is 16.6 Å². The van der Waals surface area contributed by atoms with E-state index in [1.54, 1.807) is 0 Å². The lowest BCUT2D eigenvalue weighted by molar-refractivity contribution is 0.734. The SMILES string of the molecule is CCn1c(Cc2cccc3ccccc23)nc2cc(Cl)ccc21. The Hall–Kier alpha value is -2.32. The number of fused-ring (bicyclic) bond motifs is 2. The van der Waals surface area contributed by atoms with Crippen LogP contribution in [0.25, 0.3) is 21.8 Å². The zero-order valence-corrected chi connectivity index (χ0v) is 13.7. The fourth-order valence-electron chi connectivity index (χ4n) is 3.26. The highest BCUT2D eigenvalue weighted by Gasteiger charge is 2.11. The Kier molecular flexibility index (Phi) is 3.55. The number of aromatic nitrogens is 2. The maximum Gasteiger partial charge on any atom is 0.114 e. The molecule has 0 bridgehead atoms. The van der Waals surface area contributed by atoms with Crippen LogP contribution in [0.5, 0.6) is 0 Å². The highest BCUT2D eigenvalue weighted by atomic mass is 35.5. The molecule has 23 heavy (non-hydrogen) atoms. The molecule has 2 nitrogen and oxygen atoms in total. The number of imidazole rings is 1. The van der Waals surface area contributed by atoms with Crippen LogP contribution in [0.4, 0.5) is 0 Å². The molecule has 0 radical (unpaired) electrons. The third kappa shape index (κ3) is 2.49. The molecule has 0 atom stereocenters. The molecule has 4 aromatic rings. The second-order valence-corrected chi connectivity index (χ2v) is 6.16. The number of hydrogen-bond donors (Lipinski definition) is 0. The van der Waals surface area contributed by atoms with Gasteiger partial charge in [-0.1, -0.05) is 54.1 Å². The van der Waals surface area contributed by atoms with E-state index in [1.165, 1.54) is 16.3 Å². The predicted octanol–water partition coefficient (Wildman–Crippen LogP) is 5.45. The molecule has 0 aliphatic rings. The molecule has 0 unspecified atom stereocenters. The van der Waals surface area contributed by atoms with E-state index in [0.29, 0.717) is 0 Å². The molecule has 0 fully saturated rings. The van der Waals surface area contributed by atoms with Gasteiger partial charge in [0.25, 0.3) is 0 Å². The summed E-state index contributed by atoms with van der Waals surface area (Å²) >= 11 is 6.11. The molecule has 0 N–H and O–H groups in total. The van der Waals surface area contributed by atoms with Crippen molar-refractivity contribution in [1.29, 1.82) is 0 Å². The largest absolute Gasteiger partial charge is 0.328 e. The maximum atomic E-state index is 6.11. The van der Waals surface area contributed by atoms with Crippen molar-refractivity contribution < 1.29 is 0 Å². The third-order valence-electron chi connectivity index (χ3n) is 4.33. The lowest BCUT2D eigenvalue weighted by Crippen LogP contribution is -2.03. The quantitative estimate of drug-likeness (QED) is 0.490. The van der Waals surface area contributed by atoms with Crippen LogP contribution in [0.1, 0.15) is 18.3 Å². The van der Waals surface area contributed by atoms with Crippen LogP contribution in [-0.4, -0.2) is 9.55 Å². The van der Waals surface area contributed by atoms with Gasteiger partial charge < -0.3 is 4.57 Å². The van der Waals surface area contributed by atoms with E-state index >= 15 is 0 Å². The van der Waals surface area contributed by atoms with Gasteiger partial charge in [-0.25, -0.2) is 4.98 Å². The first-order valence-electron chi connectivity index (χ1n) is 7.87. The summed E-state index contributed by atoms with van der Waals surface area (Å²) < 4.78 is 2.27. The van der Waals surface area contributed by atoms with E-state index in [-0.39, 0.29) is 0 Å². The van der Waals surface area contributed by atoms with E-state index in [2.05, 4.69) is 60.0 Å². The fraction of sp³-hybridized carbons (Fsp3) is 0.150. The minimum absolute atomic E-state index is 0.731. The zero-order chi connectivity index (χ0) is 15.8. The number of halogens is 1. The van der Waals surface area contributed by atoms with Gasteiger partial charge in [-0.3, -0.25) is 0 Å². The van der Waals surface area contributed by atoms with Crippen molar-refractivity contribution in [2.24, 2.45) is 0 Å². The Bertz CT molecular complexity index is 996. The molecule has 1 aromatic heterocycles. The van der Waals surface area contributed by atoms with Gasteiger partial charge in [-0.15, -0.1) is 0 Å². The van der Waals surface area contributed by atoms with Crippen LogP contribution in [-0.2, 0) is 13.0 Å². The summed E-state index contributed by atoms with van der Waals surface area (Å²) in [4.78, 5) is 4.82. The van der Waals surface area contributed by atoms with Crippen LogP contribution in [0.2, 0.25) is 5.02 Å². The minimum Gasteiger partial charge on any atom is -0.328 e. The normalized spacial score (nSPS) is 11.4. The molecule has 1 heterocycles. The average Bonchev–Trinajstić information content (AvgIpc) is 2.91. The molecule has 3 heteroatoms. The Morgan fingerprint density at radius 3 is 2.70 bits per heavy atom. The van der Waals surface area contributed by atoms with Crippen molar-refractivity contribution in [2.45, 2.75) is 19.9 Å². The van der Waals surface area contributed by atoms with E-state index in [1.807, 2.05) is 12.1 Å². The molecule has 4 rings (SSSR count). The Labute approximate surface area is 140 Å². The van der Waals surface area contributed by atoms with Gasteiger partial charge in [0.1, 0.15) is 5.82 Å². The van der Waals surface area contributed by atoms with Gasteiger partial charge in [0, 0.05) is 18.0 Å². The number of benzene rings is 3. The Morgan fingerprint density at radius 2 is 1.83 bits per heavy atom. The van der Waals surface area contributed by atoms with Crippen LogP contribution < -0.4 is 0 Å². The van der Waals surface area contributed by atoms with E-state index in [0.717, 1.165) is 34.8 Å². The topological polar surface area (TPSA) is 17.8 Å². The number of rotatable bonds is 3. The highest BCUT2D eigenvalue weighted by Crippen LogP contribution is 2.25.